The Bertz CT molecular complexity index is 1010. The monoisotopic (exact) mass is 454 g/mol. The van der Waals surface area contributed by atoms with Crippen LogP contribution in [-0.4, -0.2) is 54.0 Å². The number of halogens is 3. The van der Waals surface area contributed by atoms with Crippen molar-refractivity contribution in [3.63, 3.8) is 0 Å². The second-order valence-corrected chi connectivity index (χ2v) is 8.62. The molecule has 1 saturated heterocycles. The zero-order chi connectivity index (χ0) is 22.2. The van der Waals surface area contributed by atoms with Gasteiger partial charge in [0.1, 0.15) is 22.9 Å². The summed E-state index contributed by atoms with van der Waals surface area (Å²) in [7, 11) is 3.37. The van der Waals surface area contributed by atoms with Crippen LogP contribution in [0.4, 0.5) is 13.2 Å². The summed E-state index contributed by atoms with van der Waals surface area (Å²) in [5.41, 5.74) is 5.15. The number of pyridine rings is 1. The average molecular weight is 454 g/mol. The highest BCUT2D eigenvalue weighted by Gasteiger charge is 2.51. The van der Waals surface area contributed by atoms with E-state index in [1.807, 2.05) is 0 Å². The smallest absolute Gasteiger partial charge is 0.256 e. The Morgan fingerprint density at radius 2 is 2.13 bits per heavy atom. The molecule has 166 valence electrons. The van der Waals surface area contributed by atoms with Gasteiger partial charge in [0.2, 0.25) is 5.96 Å². The molecule has 11 heteroatoms. The topological polar surface area (TPSA) is 82.2 Å². The lowest BCUT2D eigenvalue weighted by Gasteiger charge is -2.47. The summed E-state index contributed by atoms with van der Waals surface area (Å²) in [5.74, 6) is -2.36. The first-order valence-electron chi connectivity index (χ1n) is 9.47. The van der Waals surface area contributed by atoms with Crippen LogP contribution in [0.1, 0.15) is 12.0 Å². The third-order valence-corrected chi connectivity index (χ3v) is 6.57. The van der Waals surface area contributed by atoms with Crippen molar-refractivity contribution in [1.82, 2.24) is 9.29 Å². The number of rotatable bonds is 5. The number of benzene rings is 1. The molecule has 0 aliphatic carbocycles. The molecule has 4 rings (SSSR count). The van der Waals surface area contributed by atoms with Gasteiger partial charge in [0.05, 0.1) is 30.8 Å². The molecular weight excluding hydrogens is 433 g/mol. The van der Waals surface area contributed by atoms with Gasteiger partial charge in [0.15, 0.2) is 5.75 Å². The van der Waals surface area contributed by atoms with Crippen molar-refractivity contribution < 1.29 is 27.4 Å². The standard InChI is InChI=1S/C20H21F3N4O3S/c1-27-19(24)26-20(10-29-13(9-28-2)7-17(20)31-27)14-6-12(3-4-15(14)22)30-16-5-11(21)8-25-18(16)23/h3-6,8,13,17H,7,9-10H2,1-2H3,(H2,24,26)/t13-,17-,20-/m1/s1. The van der Waals surface area contributed by atoms with Crippen LogP contribution >= 0.6 is 11.9 Å². The number of methoxy groups -OCH3 is 1. The highest BCUT2D eigenvalue weighted by molar-refractivity contribution is 7.98. The average Bonchev–Trinajstić information content (AvgIpc) is 2.73. The van der Waals surface area contributed by atoms with Crippen molar-refractivity contribution in [3.8, 4) is 11.5 Å². The molecule has 2 aliphatic rings. The summed E-state index contributed by atoms with van der Waals surface area (Å²) in [5, 5.41) is -0.198. The van der Waals surface area contributed by atoms with E-state index in [1.54, 1.807) is 18.5 Å². The molecule has 3 heterocycles. The molecule has 0 unspecified atom stereocenters. The molecule has 0 spiro atoms. The number of nitrogens with zero attached hydrogens (tertiary/aromatic N) is 3. The molecule has 1 fully saturated rings. The Morgan fingerprint density at radius 3 is 2.90 bits per heavy atom. The first-order chi connectivity index (χ1) is 14.8. The van der Waals surface area contributed by atoms with E-state index in [9.17, 15) is 8.78 Å². The number of ether oxygens (including phenoxy) is 3. The maximum absolute atomic E-state index is 15.1. The minimum absolute atomic E-state index is 0.0729. The fraction of sp³-hybridized carbons (Fsp3) is 0.400. The van der Waals surface area contributed by atoms with Crippen molar-refractivity contribution in [2.24, 2.45) is 10.7 Å². The van der Waals surface area contributed by atoms with Crippen molar-refractivity contribution in [2.75, 3.05) is 27.4 Å². The SMILES string of the molecule is COC[C@H]1C[C@H]2SN(C)C(N)=N[C@@]2(c2cc(Oc3cc(F)cnc3F)ccc2F)CO1. The number of hydrogen-bond donors (Lipinski definition) is 1. The molecule has 1 aromatic carbocycles. The first kappa shape index (κ1) is 21.7. The maximum Gasteiger partial charge on any atom is 0.256 e. The van der Waals surface area contributed by atoms with Gasteiger partial charge in [-0.15, -0.1) is 0 Å². The summed E-state index contributed by atoms with van der Waals surface area (Å²) in [6.45, 7) is 0.469. The lowest BCUT2D eigenvalue weighted by atomic mass is 9.82. The van der Waals surface area contributed by atoms with Crippen LogP contribution in [-0.2, 0) is 15.0 Å². The van der Waals surface area contributed by atoms with Crippen molar-refractivity contribution >= 4 is 17.9 Å². The predicted molar refractivity (Wildman–Crippen MR) is 109 cm³/mol. The van der Waals surface area contributed by atoms with Crippen LogP contribution in [0.5, 0.6) is 11.5 Å². The summed E-state index contributed by atoms with van der Waals surface area (Å²) in [6, 6.07) is 4.79. The van der Waals surface area contributed by atoms with E-state index in [0.29, 0.717) is 13.0 Å². The zero-order valence-electron chi connectivity index (χ0n) is 16.8. The first-order valence-corrected chi connectivity index (χ1v) is 10.3. The van der Waals surface area contributed by atoms with E-state index < -0.39 is 28.9 Å². The predicted octanol–water partition coefficient (Wildman–Crippen LogP) is 3.20. The number of fused-ring (bicyclic) bond motifs is 1. The number of nitrogens with two attached hydrogens (primary N) is 1. The highest BCUT2D eigenvalue weighted by Crippen LogP contribution is 2.48. The Balaban J connectivity index is 1.74. The third kappa shape index (κ3) is 4.17. The number of guanidine groups is 1. The van der Waals surface area contributed by atoms with Gasteiger partial charge in [-0.1, -0.05) is 0 Å². The molecular formula is C20H21F3N4O3S. The van der Waals surface area contributed by atoms with Crippen LogP contribution in [0.25, 0.3) is 0 Å². The lowest BCUT2D eigenvalue weighted by molar-refractivity contribution is -0.0596. The van der Waals surface area contributed by atoms with Gasteiger partial charge in [0, 0.05) is 25.8 Å². The van der Waals surface area contributed by atoms with Crippen LogP contribution in [0.2, 0.25) is 0 Å². The second-order valence-electron chi connectivity index (χ2n) is 7.30. The lowest BCUT2D eigenvalue weighted by Crippen LogP contribution is -2.55. The van der Waals surface area contributed by atoms with Crippen LogP contribution < -0.4 is 10.5 Å². The molecule has 2 N–H and O–H groups in total. The Labute approximate surface area is 181 Å². The summed E-state index contributed by atoms with van der Waals surface area (Å²) < 4.78 is 60.7. The molecule has 0 saturated carbocycles. The van der Waals surface area contributed by atoms with Crippen molar-refractivity contribution in [3.05, 3.63) is 53.6 Å². The van der Waals surface area contributed by atoms with Gasteiger partial charge in [0.25, 0.3) is 5.95 Å². The fourth-order valence-corrected chi connectivity index (χ4v) is 4.96. The maximum atomic E-state index is 15.1. The van der Waals surface area contributed by atoms with Crippen molar-refractivity contribution in [1.29, 1.82) is 0 Å². The Kier molecular flexibility index (Phi) is 6.00. The molecule has 1 aromatic heterocycles. The van der Waals surface area contributed by atoms with E-state index >= 15 is 4.39 Å². The van der Waals surface area contributed by atoms with E-state index in [2.05, 4.69) is 9.98 Å². The van der Waals surface area contributed by atoms with Crippen molar-refractivity contribution in [2.45, 2.75) is 23.3 Å². The van der Waals surface area contributed by atoms with Gasteiger partial charge < -0.3 is 19.9 Å². The number of aromatic nitrogens is 1. The quantitative estimate of drug-likeness (QED) is 0.549. The zero-order valence-corrected chi connectivity index (χ0v) is 17.7. The Morgan fingerprint density at radius 1 is 1.32 bits per heavy atom. The molecule has 0 radical (unpaired) electrons. The Hall–Kier alpha value is -2.50. The van der Waals surface area contributed by atoms with E-state index in [-0.39, 0.29) is 35.2 Å². The van der Waals surface area contributed by atoms with Crippen LogP contribution in [0.3, 0.4) is 0 Å². The summed E-state index contributed by atoms with van der Waals surface area (Å²) in [4.78, 5) is 7.91. The van der Waals surface area contributed by atoms with Crippen LogP contribution in [0.15, 0.2) is 35.5 Å². The molecule has 0 amide bonds. The van der Waals surface area contributed by atoms with Gasteiger partial charge in [-0.2, -0.15) is 4.39 Å². The molecule has 31 heavy (non-hydrogen) atoms. The van der Waals surface area contributed by atoms with E-state index in [4.69, 9.17) is 19.9 Å². The fourth-order valence-electron chi connectivity index (χ4n) is 3.71. The molecule has 3 atom stereocenters. The number of hydrogen-bond acceptors (Lipinski definition) is 8. The molecule has 2 aromatic rings. The van der Waals surface area contributed by atoms with Gasteiger partial charge in [-0.25, -0.2) is 18.8 Å². The van der Waals surface area contributed by atoms with E-state index in [0.717, 1.165) is 12.3 Å². The number of aliphatic imine (C=N–C) groups is 1. The molecule has 2 aliphatic heterocycles. The molecule has 0 bridgehead atoms. The minimum atomic E-state index is -1.12. The van der Waals surface area contributed by atoms with Gasteiger partial charge in [-0.3, -0.25) is 4.31 Å². The van der Waals surface area contributed by atoms with E-state index in [1.165, 1.54) is 30.1 Å². The van der Waals surface area contributed by atoms with Gasteiger partial charge in [-0.05, 0) is 36.6 Å². The largest absolute Gasteiger partial charge is 0.452 e. The van der Waals surface area contributed by atoms with Crippen LogP contribution in [0, 0.1) is 17.6 Å². The summed E-state index contributed by atoms with van der Waals surface area (Å²) in [6.07, 6.45) is 1.12. The van der Waals surface area contributed by atoms with Gasteiger partial charge >= 0.3 is 0 Å². The highest BCUT2D eigenvalue weighted by atomic mass is 32.2. The normalized spacial score (nSPS) is 25.7. The minimum Gasteiger partial charge on any atom is -0.452 e. The molecule has 7 nitrogen and oxygen atoms in total. The third-order valence-electron chi connectivity index (χ3n) is 5.23. The summed E-state index contributed by atoms with van der Waals surface area (Å²) >= 11 is 1.44. The second kappa shape index (κ2) is 8.56.